The van der Waals surface area contributed by atoms with Gasteiger partial charge in [0.1, 0.15) is 18.1 Å². The molecule has 6 heteroatoms. The molecule has 0 aliphatic rings. The van der Waals surface area contributed by atoms with E-state index in [1.165, 1.54) is 0 Å². The van der Waals surface area contributed by atoms with Crippen LogP contribution < -0.4 is 0 Å². The predicted molar refractivity (Wildman–Crippen MR) is 61.9 cm³/mol. The van der Waals surface area contributed by atoms with Gasteiger partial charge >= 0.3 is 0 Å². The van der Waals surface area contributed by atoms with Gasteiger partial charge in [0.2, 0.25) is 5.89 Å². The maximum atomic E-state index is 5.52. The molecule has 0 aliphatic heterocycles. The molecule has 0 saturated heterocycles. The van der Waals surface area contributed by atoms with Gasteiger partial charge in [-0.25, -0.2) is 4.98 Å². The van der Waals surface area contributed by atoms with Gasteiger partial charge in [-0.1, -0.05) is 6.92 Å². The SMILES string of the molecule is CCc1n[nH]c(=S)n1Cc1nc(C)c(C)o1. The number of nitrogens with one attached hydrogen (secondary N) is 1. The van der Waals surface area contributed by atoms with Crippen molar-refractivity contribution in [2.45, 2.75) is 33.7 Å². The van der Waals surface area contributed by atoms with E-state index in [4.69, 9.17) is 16.6 Å². The molecule has 16 heavy (non-hydrogen) atoms. The lowest BCUT2D eigenvalue weighted by atomic mass is 10.4. The number of oxazole rings is 1. The maximum Gasteiger partial charge on any atom is 0.214 e. The lowest BCUT2D eigenvalue weighted by molar-refractivity contribution is 0.452. The molecule has 2 rings (SSSR count). The molecule has 0 aromatic carbocycles. The third-order valence-corrected chi connectivity index (χ3v) is 2.83. The summed E-state index contributed by atoms with van der Waals surface area (Å²) in [6.07, 6.45) is 0.825. The van der Waals surface area contributed by atoms with Gasteiger partial charge < -0.3 is 4.42 Å². The summed E-state index contributed by atoms with van der Waals surface area (Å²) in [7, 11) is 0. The average molecular weight is 238 g/mol. The first-order valence-electron chi connectivity index (χ1n) is 5.18. The molecule has 0 fully saturated rings. The molecule has 2 aromatic rings. The molecule has 0 spiro atoms. The topological polar surface area (TPSA) is 59.6 Å². The van der Waals surface area contributed by atoms with Crippen LogP contribution in [0.15, 0.2) is 4.42 Å². The standard InChI is InChI=1S/C10H14N4OS/c1-4-8-12-13-10(16)14(8)5-9-11-6(2)7(3)15-9/h4-5H2,1-3H3,(H,13,16). The highest BCUT2D eigenvalue weighted by Gasteiger charge is 2.10. The first-order valence-corrected chi connectivity index (χ1v) is 5.59. The summed E-state index contributed by atoms with van der Waals surface area (Å²) < 4.78 is 8.03. The number of H-pyrrole nitrogens is 1. The Hall–Kier alpha value is -1.43. The van der Waals surface area contributed by atoms with Crippen LogP contribution in [0.2, 0.25) is 0 Å². The van der Waals surface area contributed by atoms with Crippen molar-refractivity contribution in [1.82, 2.24) is 19.7 Å². The van der Waals surface area contributed by atoms with E-state index in [0.29, 0.717) is 17.2 Å². The number of rotatable bonds is 3. The monoisotopic (exact) mass is 238 g/mol. The summed E-state index contributed by atoms with van der Waals surface area (Å²) in [5, 5.41) is 6.91. The van der Waals surface area contributed by atoms with E-state index in [-0.39, 0.29) is 0 Å². The zero-order chi connectivity index (χ0) is 11.7. The fourth-order valence-electron chi connectivity index (χ4n) is 1.53. The normalized spacial score (nSPS) is 10.9. The van der Waals surface area contributed by atoms with Crippen LogP contribution in [0.25, 0.3) is 0 Å². The molecule has 5 nitrogen and oxygen atoms in total. The molecular weight excluding hydrogens is 224 g/mol. The Morgan fingerprint density at radius 1 is 1.44 bits per heavy atom. The summed E-state index contributed by atoms with van der Waals surface area (Å²) in [5.41, 5.74) is 0.920. The highest BCUT2D eigenvalue weighted by atomic mass is 32.1. The van der Waals surface area contributed by atoms with E-state index in [2.05, 4.69) is 15.2 Å². The Morgan fingerprint density at radius 3 is 2.75 bits per heavy atom. The smallest absolute Gasteiger partial charge is 0.214 e. The molecule has 0 bridgehead atoms. The van der Waals surface area contributed by atoms with Crippen LogP contribution in [0.1, 0.15) is 30.1 Å². The molecular formula is C10H14N4OS. The van der Waals surface area contributed by atoms with Gasteiger partial charge in [0.25, 0.3) is 0 Å². The second kappa shape index (κ2) is 4.21. The van der Waals surface area contributed by atoms with Crippen molar-refractivity contribution in [1.29, 1.82) is 0 Å². The van der Waals surface area contributed by atoms with Crippen molar-refractivity contribution in [3.63, 3.8) is 0 Å². The van der Waals surface area contributed by atoms with Gasteiger partial charge in [0.15, 0.2) is 4.77 Å². The molecule has 0 unspecified atom stereocenters. The first kappa shape index (κ1) is 11.1. The Morgan fingerprint density at radius 2 is 2.19 bits per heavy atom. The Balaban J connectivity index is 2.33. The van der Waals surface area contributed by atoms with E-state index >= 15 is 0 Å². The number of aromatic nitrogens is 4. The highest BCUT2D eigenvalue weighted by molar-refractivity contribution is 7.71. The van der Waals surface area contributed by atoms with Crippen molar-refractivity contribution < 1.29 is 4.42 Å². The van der Waals surface area contributed by atoms with Crippen molar-refractivity contribution in [3.8, 4) is 0 Å². The number of hydrogen-bond donors (Lipinski definition) is 1. The third-order valence-electron chi connectivity index (χ3n) is 2.52. The molecule has 2 heterocycles. The minimum absolute atomic E-state index is 0.535. The van der Waals surface area contributed by atoms with Crippen LogP contribution in [-0.4, -0.2) is 19.7 Å². The van der Waals surface area contributed by atoms with Crippen LogP contribution in [-0.2, 0) is 13.0 Å². The summed E-state index contributed by atoms with van der Waals surface area (Å²) >= 11 is 5.15. The Labute approximate surface area is 98.5 Å². The first-order chi connectivity index (χ1) is 7.61. The maximum absolute atomic E-state index is 5.52. The van der Waals surface area contributed by atoms with Gasteiger partial charge in [-0.3, -0.25) is 9.67 Å². The minimum atomic E-state index is 0.535. The van der Waals surface area contributed by atoms with E-state index in [1.807, 2.05) is 25.3 Å². The summed E-state index contributed by atoms with van der Waals surface area (Å²) in [6, 6.07) is 0. The van der Waals surface area contributed by atoms with Crippen molar-refractivity contribution in [2.24, 2.45) is 0 Å². The van der Waals surface area contributed by atoms with Crippen LogP contribution in [0.3, 0.4) is 0 Å². The van der Waals surface area contributed by atoms with E-state index in [0.717, 1.165) is 23.7 Å². The van der Waals surface area contributed by atoms with Crippen LogP contribution in [0, 0.1) is 18.6 Å². The fraction of sp³-hybridized carbons (Fsp3) is 0.500. The van der Waals surface area contributed by atoms with Crippen molar-refractivity contribution >= 4 is 12.2 Å². The van der Waals surface area contributed by atoms with E-state index in [1.54, 1.807) is 0 Å². The Kier molecular flexibility index (Phi) is 2.91. The molecule has 0 saturated carbocycles. The van der Waals surface area contributed by atoms with Gasteiger partial charge in [0.05, 0.1) is 5.69 Å². The second-order valence-electron chi connectivity index (χ2n) is 3.63. The summed E-state index contributed by atoms with van der Waals surface area (Å²) in [5.74, 6) is 2.43. The lowest BCUT2D eigenvalue weighted by Crippen LogP contribution is -2.04. The van der Waals surface area contributed by atoms with Gasteiger partial charge in [-0.15, -0.1) is 0 Å². The molecule has 0 radical (unpaired) electrons. The van der Waals surface area contributed by atoms with Crippen LogP contribution >= 0.6 is 12.2 Å². The van der Waals surface area contributed by atoms with Crippen LogP contribution in [0.4, 0.5) is 0 Å². The molecule has 2 aromatic heterocycles. The predicted octanol–water partition coefficient (Wildman–Crippen LogP) is 2.16. The van der Waals surface area contributed by atoms with E-state index < -0.39 is 0 Å². The van der Waals surface area contributed by atoms with Gasteiger partial charge in [-0.05, 0) is 26.1 Å². The summed E-state index contributed by atoms with van der Waals surface area (Å²) in [6.45, 7) is 6.40. The van der Waals surface area contributed by atoms with Crippen LogP contribution in [0.5, 0.6) is 0 Å². The number of aryl methyl sites for hydroxylation is 3. The molecule has 1 N–H and O–H groups in total. The third kappa shape index (κ3) is 1.92. The minimum Gasteiger partial charge on any atom is -0.444 e. The molecule has 0 aliphatic carbocycles. The highest BCUT2D eigenvalue weighted by Crippen LogP contribution is 2.11. The number of hydrogen-bond acceptors (Lipinski definition) is 4. The van der Waals surface area contributed by atoms with Gasteiger partial charge in [-0.2, -0.15) is 5.10 Å². The van der Waals surface area contributed by atoms with Crippen molar-refractivity contribution in [2.75, 3.05) is 0 Å². The Bertz CT molecular complexity index is 532. The lowest BCUT2D eigenvalue weighted by Gasteiger charge is -2.00. The number of nitrogens with zero attached hydrogens (tertiary/aromatic N) is 3. The molecule has 86 valence electrons. The average Bonchev–Trinajstić information content (AvgIpc) is 2.74. The molecule has 0 atom stereocenters. The second-order valence-corrected chi connectivity index (χ2v) is 4.02. The summed E-state index contributed by atoms with van der Waals surface area (Å²) in [4.78, 5) is 4.33. The van der Waals surface area contributed by atoms with Gasteiger partial charge in [0, 0.05) is 6.42 Å². The number of aromatic amines is 1. The zero-order valence-electron chi connectivity index (χ0n) is 9.57. The van der Waals surface area contributed by atoms with Crippen molar-refractivity contribution in [3.05, 3.63) is 27.9 Å². The fourth-order valence-corrected chi connectivity index (χ4v) is 1.74. The largest absolute Gasteiger partial charge is 0.444 e. The zero-order valence-corrected chi connectivity index (χ0v) is 10.4. The van der Waals surface area contributed by atoms with E-state index in [9.17, 15) is 0 Å². The molecule has 0 amide bonds. The quantitative estimate of drug-likeness (QED) is 0.832.